The van der Waals surface area contributed by atoms with Crippen LogP contribution in [0.4, 0.5) is 0 Å². The predicted octanol–water partition coefficient (Wildman–Crippen LogP) is 4.97. The maximum atomic E-state index is 12.3. The van der Waals surface area contributed by atoms with Crippen molar-refractivity contribution < 1.29 is 13.4 Å². The SMILES string of the molecule is O=C(NCc1ccc(Cl)cc1)c1ccc(C[S@@](=O)Cc2cccc(Cl)c2)o1. The molecule has 3 aromatic rings. The Morgan fingerprint density at radius 3 is 2.44 bits per heavy atom. The van der Waals surface area contributed by atoms with Gasteiger partial charge in [-0.05, 0) is 47.5 Å². The Balaban J connectivity index is 1.53. The minimum absolute atomic E-state index is 0.193. The number of rotatable bonds is 7. The first-order valence-electron chi connectivity index (χ1n) is 8.20. The lowest BCUT2D eigenvalue weighted by Gasteiger charge is -2.04. The Bertz CT molecular complexity index is 954. The van der Waals surface area contributed by atoms with Gasteiger partial charge in [0.1, 0.15) is 5.76 Å². The first-order chi connectivity index (χ1) is 13.0. The van der Waals surface area contributed by atoms with Crippen LogP contribution in [0.3, 0.4) is 0 Å². The van der Waals surface area contributed by atoms with Crippen LogP contribution >= 0.6 is 23.2 Å². The van der Waals surface area contributed by atoms with Gasteiger partial charge < -0.3 is 9.73 Å². The average molecular weight is 422 g/mol. The van der Waals surface area contributed by atoms with Crippen LogP contribution in [0.2, 0.25) is 10.0 Å². The molecular weight excluding hydrogens is 405 g/mol. The molecule has 2 aromatic carbocycles. The Morgan fingerprint density at radius 2 is 1.70 bits per heavy atom. The van der Waals surface area contributed by atoms with Crippen molar-refractivity contribution in [2.24, 2.45) is 0 Å². The van der Waals surface area contributed by atoms with E-state index in [1.165, 1.54) is 0 Å². The average Bonchev–Trinajstić information content (AvgIpc) is 3.09. The smallest absolute Gasteiger partial charge is 0.287 e. The molecule has 27 heavy (non-hydrogen) atoms. The lowest BCUT2D eigenvalue weighted by atomic mass is 10.2. The summed E-state index contributed by atoms with van der Waals surface area (Å²) in [6.45, 7) is 0.368. The number of hydrogen-bond donors (Lipinski definition) is 1. The molecule has 0 saturated carbocycles. The lowest BCUT2D eigenvalue weighted by Crippen LogP contribution is -2.22. The predicted molar refractivity (Wildman–Crippen MR) is 108 cm³/mol. The van der Waals surface area contributed by atoms with Gasteiger partial charge in [0.25, 0.3) is 5.91 Å². The van der Waals surface area contributed by atoms with Crippen molar-refractivity contribution in [3.05, 3.63) is 93.4 Å². The van der Waals surface area contributed by atoms with E-state index in [1.807, 2.05) is 24.3 Å². The Hall–Kier alpha value is -2.08. The van der Waals surface area contributed by atoms with Crippen molar-refractivity contribution >= 4 is 39.9 Å². The molecule has 1 N–H and O–H groups in total. The molecule has 0 fully saturated rings. The van der Waals surface area contributed by atoms with Crippen LogP contribution in [-0.4, -0.2) is 10.1 Å². The quantitative estimate of drug-likeness (QED) is 0.585. The van der Waals surface area contributed by atoms with Crippen LogP contribution < -0.4 is 5.32 Å². The van der Waals surface area contributed by atoms with Gasteiger partial charge in [-0.15, -0.1) is 0 Å². The molecule has 3 rings (SSSR count). The highest BCUT2D eigenvalue weighted by molar-refractivity contribution is 7.83. The summed E-state index contributed by atoms with van der Waals surface area (Å²) in [4.78, 5) is 12.2. The fraction of sp³-hybridized carbons (Fsp3) is 0.150. The molecule has 7 heteroatoms. The van der Waals surface area contributed by atoms with Crippen LogP contribution in [0, 0.1) is 0 Å². The van der Waals surface area contributed by atoms with Crippen molar-refractivity contribution in [3.63, 3.8) is 0 Å². The summed E-state index contributed by atoms with van der Waals surface area (Å²) in [5.41, 5.74) is 1.83. The van der Waals surface area contributed by atoms with E-state index in [9.17, 15) is 9.00 Å². The highest BCUT2D eigenvalue weighted by Gasteiger charge is 2.13. The molecule has 4 nitrogen and oxygen atoms in total. The summed E-state index contributed by atoms with van der Waals surface area (Å²) < 4.78 is 17.8. The fourth-order valence-electron chi connectivity index (χ4n) is 2.47. The second kappa shape index (κ2) is 9.22. The molecule has 0 radical (unpaired) electrons. The zero-order valence-electron chi connectivity index (χ0n) is 14.3. The Labute approximate surface area is 169 Å². The number of benzene rings is 2. The zero-order chi connectivity index (χ0) is 19.2. The summed E-state index contributed by atoms with van der Waals surface area (Å²) in [6, 6.07) is 17.7. The number of carbonyl (C=O) groups excluding carboxylic acids is 1. The van der Waals surface area contributed by atoms with Gasteiger partial charge in [-0.3, -0.25) is 9.00 Å². The van der Waals surface area contributed by atoms with Crippen molar-refractivity contribution in [2.75, 3.05) is 0 Å². The summed E-state index contributed by atoms with van der Waals surface area (Å²) in [5, 5.41) is 4.04. The van der Waals surface area contributed by atoms with E-state index in [0.717, 1.165) is 11.1 Å². The number of halogens is 2. The van der Waals surface area contributed by atoms with Crippen LogP contribution in [-0.2, 0) is 28.9 Å². The summed E-state index contributed by atoms with van der Waals surface area (Å²) in [5.74, 6) is 0.985. The standard InChI is InChI=1S/C20H17Cl2NO3S/c21-16-6-4-14(5-7-16)11-23-20(24)19-9-8-18(26-19)13-27(25)12-15-2-1-3-17(22)10-15/h1-10H,11-13H2,(H,23,24)/t27-/m0/s1. The van der Waals surface area contributed by atoms with Crippen LogP contribution in [0.1, 0.15) is 27.4 Å². The van der Waals surface area contributed by atoms with Crippen molar-refractivity contribution in [1.82, 2.24) is 5.32 Å². The number of furan rings is 1. The molecule has 1 heterocycles. The molecule has 1 aromatic heterocycles. The zero-order valence-corrected chi connectivity index (χ0v) is 16.6. The van der Waals surface area contributed by atoms with Gasteiger partial charge in [0.15, 0.2) is 5.76 Å². The second-order valence-corrected chi connectivity index (χ2v) is 8.26. The van der Waals surface area contributed by atoms with Gasteiger partial charge >= 0.3 is 0 Å². The van der Waals surface area contributed by atoms with Gasteiger partial charge in [0, 0.05) is 33.1 Å². The van der Waals surface area contributed by atoms with Crippen molar-refractivity contribution in [1.29, 1.82) is 0 Å². The molecule has 1 amide bonds. The largest absolute Gasteiger partial charge is 0.455 e. The molecule has 0 spiro atoms. The Kier molecular flexibility index (Phi) is 6.72. The molecule has 0 aliphatic carbocycles. The van der Waals surface area contributed by atoms with E-state index in [2.05, 4.69) is 5.32 Å². The molecular formula is C20H17Cl2NO3S. The van der Waals surface area contributed by atoms with E-state index in [4.69, 9.17) is 27.6 Å². The van der Waals surface area contributed by atoms with E-state index in [0.29, 0.717) is 28.1 Å². The first kappa shape index (κ1) is 19.7. The van der Waals surface area contributed by atoms with Crippen molar-refractivity contribution in [2.45, 2.75) is 18.1 Å². The Morgan fingerprint density at radius 1 is 0.926 bits per heavy atom. The van der Waals surface area contributed by atoms with Gasteiger partial charge in [0.05, 0.1) is 5.75 Å². The minimum Gasteiger partial charge on any atom is -0.455 e. The number of amides is 1. The fourth-order valence-corrected chi connectivity index (χ4v) is 3.94. The highest BCUT2D eigenvalue weighted by Crippen LogP contribution is 2.16. The van der Waals surface area contributed by atoms with Gasteiger partial charge in [-0.2, -0.15) is 0 Å². The molecule has 0 aliphatic heterocycles. The number of hydrogen-bond acceptors (Lipinski definition) is 3. The molecule has 0 saturated heterocycles. The summed E-state index contributed by atoms with van der Waals surface area (Å²) in [7, 11) is -1.16. The maximum absolute atomic E-state index is 12.3. The van der Waals surface area contributed by atoms with E-state index in [1.54, 1.807) is 36.4 Å². The van der Waals surface area contributed by atoms with E-state index < -0.39 is 10.8 Å². The third-order valence-electron chi connectivity index (χ3n) is 3.77. The second-order valence-electron chi connectivity index (χ2n) is 5.93. The molecule has 0 aliphatic rings. The number of carbonyl (C=O) groups is 1. The summed E-state index contributed by atoms with van der Waals surface area (Å²) in [6.07, 6.45) is 0. The monoisotopic (exact) mass is 421 g/mol. The van der Waals surface area contributed by atoms with Crippen LogP contribution in [0.5, 0.6) is 0 Å². The molecule has 0 bridgehead atoms. The summed E-state index contributed by atoms with van der Waals surface area (Å²) >= 11 is 11.8. The van der Waals surface area contributed by atoms with Crippen LogP contribution in [0.15, 0.2) is 65.1 Å². The molecule has 140 valence electrons. The number of nitrogens with one attached hydrogen (secondary N) is 1. The lowest BCUT2D eigenvalue weighted by molar-refractivity contribution is 0.0921. The van der Waals surface area contributed by atoms with E-state index in [-0.39, 0.29) is 17.4 Å². The first-order valence-corrected chi connectivity index (χ1v) is 10.4. The van der Waals surface area contributed by atoms with E-state index >= 15 is 0 Å². The maximum Gasteiger partial charge on any atom is 0.287 e. The molecule has 0 unspecified atom stereocenters. The third kappa shape index (κ3) is 5.96. The topological polar surface area (TPSA) is 59.3 Å². The van der Waals surface area contributed by atoms with Gasteiger partial charge in [-0.1, -0.05) is 47.5 Å². The minimum atomic E-state index is -1.16. The van der Waals surface area contributed by atoms with Gasteiger partial charge in [-0.25, -0.2) is 0 Å². The van der Waals surface area contributed by atoms with Crippen LogP contribution in [0.25, 0.3) is 0 Å². The normalized spacial score (nSPS) is 11.9. The highest BCUT2D eigenvalue weighted by atomic mass is 35.5. The molecule has 1 atom stereocenters. The van der Waals surface area contributed by atoms with Crippen molar-refractivity contribution in [3.8, 4) is 0 Å². The third-order valence-corrected chi connectivity index (χ3v) is 5.52. The van der Waals surface area contributed by atoms with Gasteiger partial charge in [0.2, 0.25) is 0 Å².